The van der Waals surface area contributed by atoms with Crippen molar-refractivity contribution in [1.82, 2.24) is 0 Å². The maximum Gasteiger partial charge on any atom is 0.303 e. The second-order valence-electron chi connectivity index (χ2n) is 34.3. The Hall–Kier alpha value is -7.55. The van der Waals surface area contributed by atoms with Gasteiger partial charge in [0, 0.05) is 13.8 Å². The molecule has 626 valence electrons. The van der Waals surface area contributed by atoms with E-state index in [1.165, 1.54) is 13.8 Å². The summed E-state index contributed by atoms with van der Waals surface area (Å²) in [6.45, 7) is 26.0. The van der Waals surface area contributed by atoms with Gasteiger partial charge >= 0.3 is 11.9 Å². The smallest absolute Gasteiger partial charge is 0.303 e. The van der Waals surface area contributed by atoms with Crippen LogP contribution in [0.2, 0.25) is 23.2 Å². The van der Waals surface area contributed by atoms with Crippen molar-refractivity contribution >= 4 is 38.9 Å². The molecular formula is C94H116O21Si2. The van der Waals surface area contributed by atoms with E-state index in [1.807, 2.05) is 218 Å². The molecule has 1 N–H and O–H groups in total. The predicted octanol–water partition coefficient (Wildman–Crippen LogP) is 14.6. The Bertz CT molecular complexity index is 4360. The first-order chi connectivity index (χ1) is 56.0. The van der Waals surface area contributed by atoms with Crippen molar-refractivity contribution in [2.24, 2.45) is 0 Å². The molecule has 18 atom stereocenters. The minimum absolute atomic E-state index is 0.0386. The van der Waals surface area contributed by atoms with Gasteiger partial charge in [0.25, 0.3) is 8.32 Å². The number of carbonyl (C=O) groups excluding carboxylic acids is 2. The topological polar surface area (TPSA) is 221 Å². The van der Waals surface area contributed by atoms with Gasteiger partial charge in [-0.15, -0.1) is 0 Å². The van der Waals surface area contributed by atoms with Gasteiger partial charge in [-0.1, -0.05) is 284 Å². The van der Waals surface area contributed by atoms with Gasteiger partial charge in [0.2, 0.25) is 5.79 Å². The molecule has 8 aromatic rings. The highest BCUT2D eigenvalue weighted by Crippen LogP contribution is 2.51. The lowest BCUT2D eigenvalue weighted by Gasteiger charge is -2.53. The van der Waals surface area contributed by atoms with Crippen LogP contribution in [0.4, 0.5) is 0 Å². The van der Waals surface area contributed by atoms with Gasteiger partial charge in [-0.05, 0) is 94.6 Å². The summed E-state index contributed by atoms with van der Waals surface area (Å²) >= 11 is 0. The molecule has 3 unspecified atom stereocenters. The van der Waals surface area contributed by atoms with Gasteiger partial charge in [0.15, 0.2) is 44.7 Å². The van der Waals surface area contributed by atoms with Gasteiger partial charge in [-0.3, -0.25) is 9.59 Å². The maximum absolute atomic E-state index is 14.8. The number of hydrogen-bond acceptors (Lipinski definition) is 21. The summed E-state index contributed by atoms with van der Waals surface area (Å²) in [5.41, 5.74) is 4.78. The number of rotatable bonds is 35. The van der Waals surface area contributed by atoms with Gasteiger partial charge < -0.3 is 89.7 Å². The fourth-order valence-corrected chi connectivity index (χ4v) is 22.1. The fourth-order valence-electron chi connectivity index (χ4n) is 16.2. The lowest BCUT2D eigenvalue weighted by atomic mass is 9.86. The first-order valence-electron chi connectivity index (χ1n) is 40.7. The van der Waals surface area contributed by atoms with Crippen molar-refractivity contribution in [2.45, 2.75) is 267 Å². The summed E-state index contributed by atoms with van der Waals surface area (Å²) in [6.07, 6.45) is -23.1. The maximum atomic E-state index is 14.8. The van der Waals surface area contributed by atoms with E-state index >= 15 is 0 Å². The predicted molar refractivity (Wildman–Crippen MR) is 444 cm³/mol. The second-order valence-corrected chi connectivity index (χ2v) is 43.4. The summed E-state index contributed by atoms with van der Waals surface area (Å²) in [7, 11) is -6.83. The summed E-state index contributed by atoms with van der Waals surface area (Å²) < 4.78 is 132. The van der Waals surface area contributed by atoms with Gasteiger partial charge in [-0.2, -0.15) is 0 Å². The number of aliphatic hydroxyl groups is 1. The highest BCUT2D eigenvalue weighted by atomic mass is 28.4. The van der Waals surface area contributed by atoms with Crippen molar-refractivity contribution in [1.29, 1.82) is 0 Å². The zero-order valence-electron chi connectivity index (χ0n) is 69.7. The Morgan fingerprint density at radius 2 is 0.838 bits per heavy atom. The van der Waals surface area contributed by atoms with Gasteiger partial charge in [-0.25, -0.2) is 0 Å². The van der Waals surface area contributed by atoms with Crippen LogP contribution in [-0.2, 0) is 134 Å². The van der Waals surface area contributed by atoms with Crippen molar-refractivity contribution in [3.05, 3.63) is 276 Å². The third-order valence-electron chi connectivity index (χ3n) is 22.7. The van der Waals surface area contributed by atoms with Crippen LogP contribution in [0.25, 0.3) is 0 Å². The van der Waals surface area contributed by atoms with E-state index in [4.69, 9.17) is 84.6 Å². The molecule has 0 saturated carbocycles. The largest absolute Gasteiger partial charge is 0.456 e. The number of esters is 2. The molecule has 5 saturated heterocycles. The molecule has 8 aromatic carbocycles. The average Bonchev–Trinajstić information content (AvgIpc) is 1.64. The molecule has 5 aliphatic heterocycles. The van der Waals surface area contributed by atoms with Crippen LogP contribution < -0.4 is 10.4 Å². The molecule has 0 aromatic heterocycles. The molecule has 5 fully saturated rings. The molecule has 5 heterocycles. The minimum Gasteiger partial charge on any atom is -0.456 e. The number of fused-ring (bicyclic) bond motifs is 3. The summed E-state index contributed by atoms with van der Waals surface area (Å²) in [6, 6.07) is 78.9. The molecule has 23 heteroatoms. The SMILES string of the molecule is CC(=O)OC(C(O[Si](C)(C)C(C)(C)C)[C@H]1O[C@H](O[C@]2(C(O)COCc3ccccc3)O[C@H](CO[Si](c3ccccc3)(c3ccccc3)C(C)(C)C)[C@@H](OCc3ccccc3)[C@@H]2OCc2ccccc2)[C@H](OCc2ccccc2)[C@@H](OCc2ccccc2)[C@@H]1OCc1ccccc1)[C@H](OC(C)=O)[C@H]1O[C@H]2OC(C)(C)O[C@@H]2[C@H]2OC(C)(C)O[C@H]21. The normalized spacial score (nSPS) is 26.8. The van der Waals surface area contributed by atoms with Crippen LogP contribution in [0.3, 0.4) is 0 Å². The Kier molecular flexibility index (Phi) is 28.4. The second kappa shape index (κ2) is 38.0. The first kappa shape index (κ1) is 87.3. The molecule has 0 aliphatic carbocycles. The van der Waals surface area contributed by atoms with E-state index in [0.717, 1.165) is 43.8 Å². The lowest BCUT2D eigenvalue weighted by Crippen LogP contribution is -2.71. The molecule has 21 nitrogen and oxygen atoms in total. The molecule has 117 heavy (non-hydrogen) atoms. The van der Waals surface area contributed by atoms with Crippen molar-refractivity contribution in [3.63, 3.8) is 0 Å². The summed E-state index contributed by atoms with van der Waals surface area (Å²) in [4.78, 5) is 29.3. The Labute approximate surface area is 691 Å². The molecule has 13 rings (SSSR count). The quantitative estimate of drug-likeness (QED) is 0.0288. The number of carbonyl (C=O) groups is 2. The Morgan fingerprint density at radius 3 is 1.29 bits per heavy atom. The molecular weight excluding hydrogens is 1520 g/mol. The number of ether oxygens (including phenoxy) is 16. The summed E-state index contributed by atoms with van der Waals surface area (Å²) in [5.74, 6) is -6.43. The fraction of sp³-hybridized carbons (Fsp3) is 0.468. The summed E-state index contributed by atoms with van der Waals surface area (Å²) in [5, 5.41) is 15.2. The molecule has 0 amide bonds. The molecule has 0 spiro atoms. The monoisotopic (exact) mass is 1640 g/mol. The van der Waals surface area contributed by atoms with Crippen LogP contribution in [0.5, 0.6) is 0 Å². The standard InChI is InChI=1S/C94H116O21Si2/c1-63(95)105-79(80-82-83(111-92(9,10)110-82)86-89(108-80)113-93(11,12)112-86)81(106-64(2)96)84(115-116(13,14)90(3,4)5)78-76(100-57-67-43-27-17-28-44-67)77(101-58-68-45-29-18-30-46-68)85(102-59-69-47-31-19-32-48-69)88(107-78)114-94(74(97)62-98-55-65-39-23-15-24-40-65)87(103-60-70-49-33-20-34-50-70)75(99-56-66-41-25-16-26-42-66)73(109-94)61-104-117(91(6,7)8,71-51-35-21-36-52-71)72-53-37-22-38-54-72/h15-54,73-89,97H,55-62H2,1-14H3/t73-,74?,75-,76+,77+,78+,79-,80-,81?,82+,83+,84?,85-,86-,87+,88-,89+,94+/m1/s1. The Morgan fingerprint density at radius 1 is 0.436 bits per heavy atom. The molecule has 0 radical (unpaired) electrons. The highest BCUT2D eigenvalue weighted by molar-refractivity contribution is 6.99. The van der Waals surface area contributed by atoms with Crippen molar-refractivity contribution in [2.75, 3.05) is 13.2 Å². The zero-order valence-corrected chi connectivity index (χ0v) is 71.7. The zero-order chi connectivity index (χ0) is 82.8. The minimum atomic E-state index is -3.47. The highest BCUT2D eigenvalue weighted by Gasteiger charge is 2.69. The molecule has 5 aliphatic rings. The molecule has 0 bridgehead atoms. The van der Waals surface area contributed by atoms with E-state index in [2.05, 4.69) is 78.9 Å². The van der Waals surface area contributed by atoms with Crippen molar-refractivity contribution < 1.29 is 99.3 Å². The van der Waals surface area contributed by atoms with Crippen LogP contribution in [-0.4, -0.2) is 168 Å². The van der Waals surface area contributed by atoms with E-state index in [9.17, 15) is 14.7 Å². The van der Waals surface area contributed by atoms with E-state index in [1.54, 1.807) is 27.7 Å². The van der Waals surface area contributed by atoms with Crippen molar-refractivity contribution in [3.8, 4) is 0 Å². The van der Waals surface area contributed by atoms with Crippen LogP contribution in [0.15, 0.2) is 243 Å². The van der Waals surface area contributed by atoms with Gasteiger partial charge in [0.05, 0.1) is 52.9 Å². The third-order valence-corrected chi connectivity index (χ3v) is 32.2. The number of benzene rings is 8. The third kappa shape index (κ3) is 20.9. The van der Waals surface area contributed by atoms with E-state index in [-0.39, 0.29) is 46.2 Å². The van der Waals surface area contributed by atoms with E-state index < -0.39 is 167 Å². The van der Waals surface area contributed by atoms with Gasteiger partial charge in [0.1, 0.15) is 79.4 Å². The lowest BCUT2D eigenvalue weighted by molar-refractivity contribution is -0.413. The average molecular weight is 1640 g/mol. The number of hydrogen-bond donors (Lipinski definition) is 1. The Balaban J connectivity index is 1.06. The van der Waals surface area contributed by atoms with Crippen LogP contribution >= 0.6 is 0 Å². The van der Waals surface area contributed by atoms with Crippen LogP contribution in [0, 0.1) is 0 Å². The number of aliphatic hydroxyl groups excluding tert-OH is 1. The van der Waals surface area contributed by atoms with E-state index in [0.29, 0.717) is 0 Å². The van der Waals surface area contributed by atoms with Crippen LogP contribution in [0.1, 0.15) is 116 Å². The first-order valence-corrected chi connectivity index (χ1v) is 45.5.